The molecule has 0 spiro atoms. The van der Waals surface area contributed by atoms with E-state index in [2.05, 4.69) is 10.3 Å². The average Bonchev–Trinajstić information content (AvgIpc) is 3.08. The fraction of sp³-hybridized carbons (Fsp3) is 0.400. The van der Waals surface area contributed by atoms with Gasteiger partial charge >= 0.3 is 6.18 Å². The van der Waals surface area contributed by atoms with E-state index in [0.29, 0.717) is 0 Å². The van der Waals surface area contributed by atoms with Gasteiger partial charge in [0.1, 0.15) is 0 Å². The number of alkyl halides is 3. The Morgan fingerprint density at radius 2 is 2.10 bits per heavy atom. The first kappa shape index (κ1) is 14.1. The van der Waals surface area contributed by atoms with Crippen LogP contribution in [0.1, 0.15) is 35.7 Å². The van der Waals surface area contributed by atoms with Crippen molar-refractivity contribution in [2.45, 2.75) is 31.6 Å². The van der Waals surface area contributed by atoms with Gasteiger partial charge in [-0.2, -0.15) is 13.2 Å². The molecule has 112 valence electrons. The Balaban J connectivity index is 1.90. The summed E-state index contributed by atoms with van der Waals surface area (Å²) in [6.45, 7) is 1.12. The number of imidazole rings is 1. The smallest absolute Gasteiger partial charge is 0.329 e. The van der Waals surface area contributed by atoms with Gasteiger partial charge in [0.25, 0.3) is 0 Å². The third-order valence-corrected chi connectivity index (χ3v) is 3.83. The predicted molar refractivity (Wildman–Crippen MR) is 72.8 cm³/mol. The van der Waals surface area contributed by atoms with Gasteiger partial charge in [-0.3, -0.25) is 0 Å². The molecule has 1 fully saturated rings. The minimum atomic E-state index is -4.33. The Labute approximate surface area is 120 Å². The van der Waals surface area contributed by atoms with Crippen molar-refractivity contribution in [3.8, 4) is 0 Å². The van der Waals surface area contributed by atoms with Crippen molar-refractivity contribution in [1.82, 2.24) is 14.9 Å². The molecule has 0 bridgehead atoms. The van der Waals surface area contributed by atoms with Crippen LogP contribution in [0.15, 0.2) is 36.8 Å². The van der Waals surface area contributed by atoms with Crippen molar-refractivity contribution in [3.63, 3.8) is 0 Å². The molecule has 1 aromatic heterocycles. The SMILES string of the molecule is FC(F)(F)c1ccccc1Cn1cncc1[C@@H]1CCCN1. The van der Waals surface area contributed by atoms with E-state index in [-0.39, 0.29) is 18.2 Å². The lowest BCUT2D eigenvalue weighted by atomic mass is 10.1. The minimum absolute atomic E-state index is 0.184. The molecule has 0 unspecified atom stereocenters. The van der Waals surface area contributed by atoms with Gasteiger partial charge in [-0.15, -0.1) is 0 Å². The molecule has 1 saturated heterocycles. The molecule has 0 saturated carbocycles. The highest BCUT2D eigenvalue weighted by atomic mass is 19.4. The molecule has 21 heavy (non-hydrogen) atoms. The van der Waals surface area contributed by atoms with Gasteiger partial charge in [0.05, 0.1) is 17.6 Å². The lowest BCUT2D eigenvalue weighted by molar-refractivity contribution is -0.138. The first-order chi connectivity index (χ1) is 10.1. The Morgan fingerprint density at radius 3 is 2.81 bits per heavy atom. The third kappa shape index (κ3) is 2.95. The van der Waals surface area contributed by atoms with E-state index in [1.807, 2.05) is 0 Å². The molecule has 0 radical (unpaired) electrons. The normalized spacial score (nSPS) is 19.1. The van der Waals surface area contributed by atoms with Crippen LogP contribution in [0.3, 0.4) is 0 Å². The second-order valence-electron chi connectivity index (χ2n) is 5.25. The van der Waals surface area contributed by atoms with Crippen LogP contribution in [0.5, 0.6) is 0 Å². The zero-order valence-corrected chi connectivity index (χ0v) is 11.4. The summed E-state index contributed by atoms with van der Waals surface area (Å²) in [7, 11) is 0. The van der Waals surface area contributed by atoms with Crippen molar-refractivity contribution >= 4 is 0 Å². The number of halogens is 3. The first-order valence-electron chi connectivity index (χ1n) is 6.94. The Bertz CT molecular complexity index is 613. The molecule has 3 nitrogen and oxygen atoms in total. The standard InChI is InChI=1S/C15H16F3N3/c16-15(17,18)12-5-2-1-4-11(12)9-21-10-19-8-14(21)13-6-3-7-20-13/h1-2,4-5,8,10,13,20H,3,6-7,9H2/t13-/m0/s1. The summed E-state index contributed by atoms with van der Waals surface area (Å²) in [6, 6.07) is 5.88. The maximum atomic E-state index is 13.0. The molecule has 1 aliphatic heterocycles. The van der Waals surface area contributed by atoms with E-state index < -0.39 is 11.7 Å². The highest BCUT2D eigenvalue weighted by Gasteiger charge is 2.33. The van der Waals surface area contributed by atoms with Crippen LogP contribution in [0.2, 0.25) is 0 Å². The van der Waals surface area contributed by atoms with E-state index in [1.54, 1.807) is 23.2 Å². The predicted octanol–water partition coefficient (Wildman–Crippen LogP) is 3.37. The summed E-state index contributed by atoms with van der Waals surface area (Å²) in [5.41, 5.74) is 0.635. The van der Waals surface area contributed by atoms with Gasteiger partial charge in [-0.1, -0.05) is 18.2 Å². The maximum absolute atomic E-state index is 13.0. The summed E-state index contributed by atoms with van der Waals surface area (Å²) in [4.78, 5) is 4.10. The van der Waals surface area contributed by atoms with Gasteiger partial charge < -0.3 is 9.88 Å². The lowest BCUT2D eigenvalue weighted by Gasteiger charge is -2.17. The fourth-order valence-electron chi connectivity index (χ4n) is 2.81. The van der Waals surface area contributed by atoms with E-state index in [0.717, 1.165) is 31.1 Å². The molecule has 6 heteroatoms. The summed E-state index contributed by atoms with van der Waals surface area (Å²) in [5, 5.41) is 3.35. The maximum Gasteiger partial charge on any atom is 0.416 e. The van der Waals surface area contributed by atoms with E-state index in [1.165, 1.54) is 12.1 Å². The zero-order valence-electron chi connectivity index (χ0n) is 11.4. The van der Waals surface area contributed by atoms with Gasteiger partial charge in [0.2, 0.25) is 0 Å². The second-order valence-corrected chi connectivity index (χ2v) is 5.25. The number of rotatable bonds is 3. The summed E-state index contributed by atoms with van der Waals surface area (Å²) < 4.78 is 40.9. The van der Waals surface area contributed by atoms with E-state index >= 15 is 0 Å². The van der Waals surface area contributed by atoms with Crippen molar-refractivity contribution < 1.29 is 13.2 Å². The Morgan fingerprint density at radius 1 is 1.29 bits per heavy atom. The molecule has 1 aliphatic rings. The van der Waals surface area contributed by atoms with Crippen molar-refractivity contribution in [2.75, 3.05) is 6.54 Å². The Kier molecular flexibility index (Phi) is 3.71. The van der Waals surface area contributed by atoms with Gasteiger partial charge in [-0.05, 0) is 31.0 Å². The molecular formula is C15H16F3N3. The molecule has 2 heterocycles. The highest BCUT2D eigenvalue weighted by Crippen LogP contribution is 2.32. The zero-order chi connectivity index (χ0) is 14.9. The first-order valence-corrected chi connectivity index (χ1v) is 6.94. The minimum Gasteiger partial charge on any atom is -0.329 e. The van der Waals surface area contributed by atoms with E-state index in [9.17, 15) is 13.2 Å². The van der Waals surface area contributed by atoms with Crippen LogP contribution in [-0.4, -0.2) is 16.1 Å². The number of nitrogens with zero attached hydrogens (tertiary/aromatic N) is 2. The summed E-state index contributed by atoms with van der Waals surface area (Å²) in [6.07, 6.45) is 1.08. The van der Waals surface area contributed by atoms with Crippen LogP contribution in [0, 0.1) is 0 Å². The van der Waals surface area contributed by atoms with Crippen LogP contribution in [0.4, 0.5) is 13.2 Å². The fourth-order valence-corrected chi connectivity index (χ4v) is 2.81. The monoisotopic (exact) mass is 295 g/mol. The number of benzene rings is 1. The van der Waals surface area contributed by atoms with Gasteiger partial charge in [-0.25, -0.2) is 4.98 Å². The van der Waals surface area contributed by atoms with Crippen molar-refractivity contribution in [3.05, 3.63) is 53.6 Å². The van der Waals surface area contributed by atoms with Gasteiger partial charge in [0, 0.05) is 18.8 Å². The number of hydrogen-bond acceptors (Lipinski definition) is 2. The molecule has 1 N–H and O–H groups in total. The number of aromatic nitrogens is 2. The molecule has 0 aliphatic carbocycles. The summed E-state index contributed by atoms with van der Waals surface area (Å²) >= 11 is 0. The third-order valence-electron chi connectivity index (χ3n) is 3.83. The van der Waals surface area contributed by atoms with Crippen LogP contribution in [-0.2, 0) is 12.7 Å². The van der Waals surface area contributed by atoms with Crippen LogP contribution in [0.25, 0.3) is 0 Å². The molecular weight excluding hydrogens is 279 g/mol. The molecule has 3 rings (SSSR count). The van der Waals surface area contributed by atoms with E-state index in [4.69, 9.17) is 0 Å². The molecule has 1 aromatic carbocycles. The van der Waals surface area contributed by atoms with Crippen LogP contribution < -0.4 is 5.32 Å². The largest absolute Gasteiger partial charge is 0.416 e. The number of nitrogens with one attached hydrogen (secondary N) is 1. The highest BCUT2D eigenvalue weighted by molar-refractivity contribution is 5.30. The van der Waals surface area contributed by atoms with Crippen molar-refractivity contribution in [2.24, 2.45) is 0 Å². The summed E-state index contributed by atoms with van der Waals surface area (Å²) in [5.74, 6) is 0. The van der Waals surface area contributed by atoms with Crippen molar-refractivity contribution in [1.29, 1.82) is 0 Å². The average molecular weight is 295 g/mol. The molecule has 0 amide bonds. The quantitative estimate of drug-likeness (QED) is 0.941. The van der Waals surface area contributed by atoms with Gasteiger partial charge in [0.15, 0.2) is 0 Å². The number of hydrogen-bond donors (Lipinski definition) is 1. The second kappa shape index (κ2) is 5.52. The molecule has 2 aromatic rings. The lowest BCUT2D eigenvalue weighted by Crippen LogP contribution is -2.18. The topological polar surface area (TPSA) is 29.9 Å². The van der Waals surface area contributed by atoms with Crippen LogP contribution >= 0.6 is 0 Å². The molecule has 1 atom stereocenters. The Hall–Kier alpha value is -1.82.